The summed E-state index contributed by atoms with van der Waals surface area (Å²) in [6.07, 6.45) is 4.96. The second-order valence-electron chi connectivity index (χ2n) is 12.9. The number of alkyl halides is 1. The average molecular weight is 739 g/mol. The molecule has 2 fully saturated rings. The fourth-order valence-corrected chi connectivity index (χ4v) is 6.17. The number of anilines is 2. The van der Waals surface area contributed by atoms with Crippen LogP contribution in [-0.4, -0.2) is 112 Å². The maximum Gasteiger partial charge on any atom is 0.264 e. The molecule has 7 rings (SSSR count). The first-order valence-electron chi connectivity index (χ1n) is 17.4. The number of nitriles is 1. The van der Waals surface area contributed by atoms with Crippen molar-refractivity contribution in [1.82, 2.24) is 35.3 Å². The number of benzene rings is 1. The fraction of sp³-hybridized carbons (Fsp3) is 0.361. The van der Waals surface area contributed by atoms with Crippen LogP contribution in [0.2, 0.25) is 0 Å². The maximum atomic E-state index is 14.7. The number of rotatable bonds is 16. The van der Waals surface area contributed by atoms with E-state index in [4.69, 9.17) is 14.7 Å². The van der Waals surface area contributed by atoms with Gasteiger partial charge in [0.1, 0.15) is 18.3 Å². The molecule has 1 aliphatic carbocycles. The van der Waals surface area contributed by atoms with E-state index in [1.165, 1.54) is 23.1 Å². The van der Waals surface area contributed by atoms with Gasteiger partial charge in [-0.1, -0.05) is 6.07 Å². The first-order valence-corrected chi connectivity index (χ1v) is 17.4. The highest BCUT2D eigenvalue weighted by Gasteiger charge is 2.45. The lowest BCUT2D eigenvalue weighted by molar-refractivity contribution is -0.136. The smallest absolute Gasteiger partial charge is 0.264 e. The van der Waals surface area contributed by atoms with Crippen molar-refractivity contribution in [3.05, 3.63) is 71.2 Å². The minimum atomic E-state index is -1.48. The summed E-state index contributed by atoms with van der Waals surface area (Å²) in [5.41, 5.74) is 2.42. The molecule has 2 aliphatic heterocycles. The molecule has 3 aromatic heterocycles. The molecule has 0 bridgehead atoms. The van der Waals surface area contributed by atoms with E-state index in [2.05, 4.69) is 36.3 Å². The number of carbonyl (C=O) groups is 5. The number of nitrogens with one attached hydrogen (secondary N) is 4. The third-order valence-electron chi connectivity index (χ3n) is 9.01. The molecule has 1 saturated carbocycles. The normalized spacial score (nSPS) is 17.3. The van der Waals surface area contributed by atoms with E-state index in [-0.39, 0.29) is 75.1 Å². The molecule has 0 radical (unpaired) electrons. The van der Waals surface area contributed by atoms with Crippen molar-refractivity contribution in [2.24, 2.45) is 0 Å². The van der Waals surface area contributed by atoms with Crippen LogP contribution in [0.1, 0.15) is 62.3 Å². The van der Waals surface area contributed by atoms with E-state index < -0.39 is 41.7 Å². The van der Waals surface area contributed by atoms with Crippen LogP contribution in [-0.2, 0) is 19.1 Å². The summed E-state index contributed by atoms with van der Waals surface area (Å²) in [6.45, 7) is 0.185. The maximum absolute atomic E-state index is 14.7. The molecule has 18 heteroatoms. The Kier molecular flexibility index (Phi) is 10.5. The monoisotopic (exact) mass is 738 g/mol. The number of amides is 5. The molecule has 2 atom stereocenters. The van der Waals surface area contributed by atoms with Crippen LogP contribution >= 0.6 is 0 Å². The molecule has 0 spiro atoms. The largest absolute Gasteiger partial charge is 0.382 e. The topological polar surface area (TPSA) is 223 Å². The Morgan fingerprint density at radius 3 is 2.65 bits per heavy atom. The standard InChI is InChI=1S/C36H35FN10O7/c37-22(17-42-33(49)25-18-40-29(13-27(25)44-23-4-5-23)47-32-21(16-43-47)12-20(14-38)15-41-32)19-54-11-10-53-9-8-39-26-3-1-2-24-31(26)36(52)46(35(24)51)28-6-7-30(48)45-34(28)50/h1-3,12-13,15-16,18,22-23,28,39H,4-11,17,19H2,(H,40,44)(H,42,49)(H,45,48,50). The predicted molar refractivity (Wildman–Crippen MR) is 188 cm³/mol. The number of aromatic nitrogens is 4. The van der Waals surface area contributed by atoms with Gasteiger partial charge in [-0.15, -0.1) is 0 Å². The highest BCUT2D eigenvalue weighted by Crippen LogP contribution is 2.32. The van der Waals surface area contributed by atoms with Gasteiger partial charge in [0, 0.05) is 48.5 Å². The second kappa shape index (κ2) is 15.7. The summed E-state index contributed by atoms with van der Waals surface area (Å²) in [4.78, 5) is 72.8. The molecule has 4 aromatic rings. The first-order chi connectivity index (χ1) is 26.2. The molecule has 4 N–H and O–H groups in total. The number of imide groups is 2. The second-order valence-corrected chi connectivity index (χ2v) is 12.9. The van der Waals surface area contributed by atoms with E-state index in [1.54, 1.807) is 30.5 Å². The number of ether oxygens (including phenoxy) is 2. The highest BCUT2D eigenvalue weighted by molar-refractivity contribution is 6.25. The number of hydrogen-bond donors (Lipinski definition) is 4. The van der Waals surface area contributed by atoms with Gasteiger partial charge in [0.25, 0.3) is 17.7 Å². The van der Waals surface area contributed by atoms with Gasteiger partial charge in [0.05, 0.1) is 67.1 Å². The molecule has 3 aliphatic rings. The third-order valence-corrected chi connectivity index (χ3v) is 9.01. The first kappa shape index (κ1) is 36.1. The zero-order valence-corrected chi connectivity index (χ0v) is 28.8. The summed E-state index contributed by atoms with van der Waals surface area (Å²) >= 11 is 0. The van der Waals surface area contributed by atoms with Crippen molar-refractivity contribution in [1.29, 1.82) is 5.26 Å². The summed E-state index contributed by atoms with van der Waals surface area (Å²) in [7, 11) is 0. The van der Waals surface area contributed by atoms with Gasteiger partial charge in [-0.05, 0) is 37.5 Å². The average Bonchev–Trinajstić information content (AvgIpc) is 3.83. The van der Waals surface area contributed by atoms with Crippen molar-refractivity contribution in [3.8, 4) is 11.9 Å². The van der Waals surface area contributed by atoms with Crippen LogP contribution in [0, 0.1) is 11.3 Å². The number of piperidine rings is 1. The van der Waals surface area contributed by atoms with Crippen LogP contribution in [0.5, 0.6) is 0 Å². The summed E-state index contributed by atoms with van der Waals surface area (Å²) in [5, 5.41) is 25.4. The van der Waals surface area contributed by atoms with Gasteiger partial charge >= 0.3 is 0 Å². The van der Waals surface area contributed by atoms with Gasteiger partial charge in [-0.2, -0.15) is 15.0 Å². The van der Waals surface area contributed by atoms with E-state index in [9.17, 15) is 28.4 Å². The molecule has 1 aromatic carbocycles. The van der Waals surface area contributed by atoms with Crippen LogP contribution in [0.15, 0.2) is 48.9 Å². The van der Waals surface area contributed by atoms with Crippen LogP contribution in [0.3, 0.4) is 0 Å². The molecule has 5 amide bonds. The molecule has 278 valence electrons. The van der Waals surface area contributed by atoms with Gasteiger partial charge in [-0.3, -0.25) is 34.2 Å². The van der Waals surface area contributed by atoms with Crippen molar-refractivity contribution >= 4 is 51.9 Å². The van der Waals surface area contributed by atoms with Gasteiger partial charge in [0.15, 0.2) is 11.5 Å². The predicted octanol–water partition coefficient (Wildman–Crippen LogP) is 1.88. The number of nitrogens with zero attached hydrogens (tertiary/aromatic N) is 6. The molecule has 54 heavy (non-hydrogen) atoms. The van der Waals surface area contributed by atoms with E-state index in [0.717, 1.165) is 17.7 Å². The van der Waals surface area contributed by atoms with Crippen molar-refractivity contribution in [2.45, 2.75) is 43.9 Å². The third kappa shape index (κ3) is 7.72. The Morgan fingerprint density at radius 2 is 1.85 bits per heavy atom. The minimum Gasteiger partial charge on any atom is -0.382 e. The summed E-state index contributed by atoms with van der Waals surface area (Å²) < 4.78 is 27.1. The van der Waals surface area contributed by atoms with Crippen molar-refractivity contribution < 1.29 is 37.8 Å². The molecular formula is C36H35FN10O7. The zero-order valence-electron chi connectivity index (χ0n) is 28.8. The molecule has 2 unspecified atom stereocenters. The quantitative estimate of drug-likeness (QED) is 0.0954. The van der Waals surface area contributed by atoms with E-state index >= 15 is 0 Å². The highest BCUT2D eigenvalue weighted by atomic mass is 19.1. The lowest BCUT2D eigenvalue weighted by atomic mass is 10.0. The van der Waals surface area contributed by atoms with Crippen molar-refractivity contribution in [3.63, 3.8) is 0 Å². The van der Waals surface area contributed by atoms with Gasteiger partial charge in [0.2, 0.25) is 11.8 Å². The SMILES string of the molecule is N#Cc1cnc2c(cnn2-c2cc(NC3CC3)c(C(=O)NCC(F)COCCOCCNc3cccc4c3C(=O)N(C3CCC(=O)NC3=O)C4=O)cn2)c1. The number of carbonyl (C=O) groups excluding carboxylic acids is 5. The molecule has 5 heterocycles. The summed E-state index contributed by atoms with van der Waals surface area (Å²) in [6, 6.07) is 9.35. The molecule has 1 saturated heterocycles. The Balaban J connectivity index is 0.832. The Hall–Kier alpha value is -6.32. The number of fused-ring (bicyclic) bond motifs is 2. The Labute approximate surface area is 307 Å². The van der Waals surface area contributed by atoms with Gasteiger partial charge in [-0.25, -0.2) is 14.4 Å². The van der Waals surface area contributed by atoms with Crippen LogP contribution in [0.4, 0.5) is 15.8 Å². The zero-order chi connectivity index (χ0) is 37.8. The van der Waals surface area contributed by atoms with E-state index in [1.807, 2.05) is 6.07 Å². The lowest BCUT2D eigenvalue weighted by Crippen LogP contribution is -2.54. The molecule has 17 nitrogen and oxygen atoms in total. The summed E-state index contributed by atoms with van der Waals surface area (Å²) in [5.74, 6) is -2.41. The van der Waals surface area contributed by atoms with Crippen LogP contribution in [0.25, 0.3) is 16.9 Å². The van der Waals surface area contributed by atoms with Gasteiger partial charge < -0.3 is 25.4 Å². The Bertz CT molecular complexity index is 2180. The lowest BCUT2D eigenvalue weighted by Gasteiger charge is -2.27. The number of hydrogen-bond acceptors (Lipinski definition) is 13. The number of pyridine rings is 2. The number of halogens is 1. The van der Waals surface area contributed by atoms with Crippen LogP contribution < -0.4 is 21.3 Å². The minimum absolute atomic E-state index is 0.0314. The van der Waals surface area contributed by atoms with E-state index in [0.29, 0.717) is 33.8 Å². The fourth-order valence-electron chi connectivity index (χ4n) is 6.17. The van der Waals surface area contributed by atoms with Crippen molar-refractivity contribution in [2.75, 3.05) is 50.2 Å². The Morgan fingerprint density at radius 1 is 1.02 bits per heavy atom. The molecular weight excluding hydrogens is 703 g/mol.